The second-order valence-corrected chi connectivity index (χ2v) is 6.43. The first-order valence-corrected chi connectivity index (χ1v) is 7.95. The van der Waals surface area contributed by atoms with Crippen LogP contribution in [0.25, 0.3) is 0 Å². The molecule has 0 aromatic rings. The third kappa shape index (κ3) is 3.57. The molecular formula is C16H29NO. The van der Waals surface area contributed by atoms with Gasteiger partial charge in [-0.15, -0.1) is 0 Å². The fourth-order valence-electron chi connectivity index (χ4n) is 4.02. The van der Waals surface area contributed by atoms with Crippen LogP contribution in [0.15, 0.2) is 0 Å². The highest BCUT2D eigenvalue weighted by molar-refractivity contribution is 5.76. The van der Waals surface area contributed by atoms with E-state index in [0.717, 1.165) is 12.5 Å². The molecule has 0 aromatic carbocycles. The molecule has 2 heteroatoms. The van der Waals surface area contributed by atoms with Gasteiger partial charge < -0.3 is 0 Å². The second kappa shape index (κ2) is 6.70. The summed E-state index contributed by atoms with van der Waals surface area (Å²) >= 11 is 0. The van der Waals surface area contributed by atoms with E-state index in [-0.39, 0.29) is 0 Å². The predicted octanol–water partition coefficient (Wildman–Crippen LogP) is 3.93. The van der Waals surface area contributed by atoms with Gasteiger partial charge in [-0.2, -0.15) is 0 Å². The van der Waals surface area contributed by atoms with Crippen molar-refractivity contribution in [1.82, 2.24) is 4.90 Å². The Balaban J connectivity index is 1.99. The number of hydrogen-bond acceptors (Lipinski definition) is 2. The normalized spacial score (nSPS) is 32.1. The first kappa shape index (κ1) is 14.0. The molecule has 1 saturated carbocycles. The molecule has 2 nitrogen and oxygen atoms in total. The first-order valence-electron chi connectivity index (χ1n) is 7.95. The maximum absolute atomic E-state index is 11.4. The number of hydrogen-bond donors (Lipinski definition) is 0. The molecule has 104 valence electrons. The zero-order valence-electron chi connectivity index (χ0n) is 12.2. The van der Waals surface area contributed by atoms with Gasteiger partial charge in [-0.25, -0.2) is 0 Å². The molecule has 0 radical (unpaired) electrons. The molecule has 2 aliphatic rings. The van der Waals surface area contributed by atoms with Crippen molar-refractivity contribution >= 4 is 5.78 Å². The number of carbonyl (C=O) groups is 1. The maximum atomic E-state index is 11.4. The van der Waals surface area contributed by atoms with E-state index in [1.807, 2.05) is 0 Å². The van der Waals surface area contributed by atoms with Crippen LogP contribution in [-0.4, -0.2) is 28.8 Å². The van der Waals surface area contributed by atoms with E-state index in [0.29, 0.717) is 17.9 Å². The summed E-state index contributed by atoms with van der Waals surface area (Å²) in [4.78, 5) is 14.1. The molecule has 1 aliphatic carbocycles. The zero-order valence-corrected chi connectivity index (χ0v) is 12.2. The largest absolute Gasteiger partial charge is 0.300 e. The Labute approximate surface area is 112 Å². The Bertz CT molecular complexity index is 268. The van der Waals surface area contributed by atoms with E-state index in [2.05, 4.69) is 11.8 Å². The first-order chi connectivity index (χ1) is 8.68. The lowest BCUT2D eigenvalue weighted by Gasteiger charge is -2.37. The van der Waals surface area contributed by atoms with E-state index in [4.69, 9.17) is 0 Å². The van der Waals surface area contributed by atoms with Crippen LogP contribution in [0, 0.1) is 0 Å². The minimum atomic E-state index is 0.366. The average molecular weight is 251 g/mol. The Kier molecular flexibility index (Phi) is 5.23. The van der Waals surface area contributed by atoms with Crippen molar-refractivity contribution in [3.8, 4) is 0 Å². The van der Waals surface area contributed by atoms with Gasteiger partial charge in [0.15, 0.2) is 0 Å². The highest BCUT2D eigenvalue weighted by Crippen LogP contribution is 2.33. The van der Waals surface area contributed by atoms with E-state index in [9.17, 15) is 4.79 Å². The van der Waals surface area contributed by atoms with Gasteiger partial charge in [0, 0.05) is 24.5 Å². The molecule has 0 aromatic heterocycles. The molecular weight excluding hydrogens is 222 g/mol. The second-order valence-electron chi connectivity index (χ2n) is 6.43. The summed E-state index contributed by atoms with van der Waals surface area (Å²) in [5, 5.41) is 0. The summed E-state index contributed by atoms with van der Waals surface area (Å²) in [6.45, 7) is 4.11. The van der Waals surface area contributed by atoms with Gasteiger partial charge in [0.1, 0.15) is 5.78 Å². The van der Waals surface area contributed by atoms with Gasteiger partial charge in [0.25, 0.3) is 0 Å². The van der Waals surface area contributed by atoms with Crippen molar-refractivity contribution in [2.45, 2.75) is 96.2 Å². The zero-order chi connectivity index (χ0) is 13.0. The quantitative estimate of drug-likeness (QED) is 0.757. The van der Waals surface area contributed by atoms with Crippen LogP contribution in [0.2, 0.25) is 0 Å². The number of carbonyl (C=O) groups excluding carboxylic acids is 1. The highest BCUT2D eigenvalue weighted by atomic mass is 16.1. The van der Waals surface area contributed by atoms with E-state index < -0.39 is 0 Å². The molecule has 0 amide bonds. The van der Waals surface area contributed by atoms with Crippen LogP contribution in [-0.2, 0) is 4.79 Å². The third-order valence-electron chi connectivity index (χ3n) is 4.87. The third-order valence-corrected chi connectivity index (χ3v) is 4.87. The predicted molar refractivity (Wildman–Crippen MR) is 75.7 cm³/mol. The average Bonchev–Trinajstić information content (AvgIpc) is 2.60. The number of ketones is 1. The molecule has 2 rings (SSSR count). The van der Waals surface area contributed by atoms with Gasteiger partial charge in [0.2, 0.25) is 0 Å². The van der Waals surface area contributed by atoms with Gasteiger partial charge in [-0.05, 0) is 39.5 Å². The van der Waals surface area contributed by atoms with Gasteiger partial charge in [-0.3, -0.25) is 9.69 Å². The molecule has 0 spiro atoms. The summed E-state index contributed by atoms with van der Waals surface area (Å²) in [6.07, 6.45) is 13.1. The van der Waals surface area contributed by atoms with Crippen LogP contribution in [0.4, 0.5) is 0 Å². The summed E-state index contributed by atoms with van der Waals surface area (Å²) < 4.78 is 0. The van der Waals surface area contributed by atoms with Crippen molar-refractivity contribution in [1.29, 1.82) is 0 Å². The fourth-order valence-corrected chi connectivity index (χ4v) is 4.02. The van der Waals surface area contributed by atoms with Crippen molar-refractivity contribution in [2.24, 2.45) is 0 Å². The van der Waals surface area contributed by atoms with Gasteiger partial charge in [-0.1, -0.05) is 32.1 Å². The van der Waals surface area contributed by atoms with Crippen LogP contribution in [0.1, 0.15) is 78.1 Å². The minimum Gasteiger partial charge on any atom is -0.300 e. The Hall–Kier alpha value is -0.370. The standard InChI is InChI=1S/C16H29NO/c1-13-10-11-16(12-14(2)18)17(13)15-8-6-4-3-5-7-9-15/h13,15-16H,3-12H2,1-2H3. The van der Waals surface area contributed by atoms with Crippen molar-refractivity contribution < 1.29 is 4.79 Å². The number of Topliss-reactive ketones (excluding diaryl/α,β-unsaturated/α-hetero) is 1. The summed E-state index contributed by atoms with van der Waals surface area (Å²) in [5.74, 6) is 0.366. The molecule has 1 heterocycles. The molecule has 0 N–H and O–H groups in total. The monoisotopic (exact) mass is 251 g/mol. The van der Waals surface area contributed by atoms with Crippen molar-refractivity contribution in [2.75, 3.05) is 0 Å². The lowest BCUT2D eigenvalue weighted by molar-refractivity contribution is -0.118. The molecule has 2 unspecified atom stereocenters. The lowest BCUT2D eigenvalue weighted by Crippen LogP contribution is -2.44. The summed E-state index contributed by atoms with van der Waals surface area (Å²) in [6, 6.07) is 1.99. The van der Waals surface area contributed by atoms with Crippen molar-refractivity contribution in [3.63, 3.8) is 0 Å². The van der Waals surface area contributed by atoms with E-state index in [1.165, 1.54) is 57.8 Å². The lowest BCUT2D eigenvalue weighted by atomic mass is 9.94. The molecule has 18 heavy (non-hydrogen) atoms. The fraction of sp³-hybridized carbons (Fsp3) is 0.938. The minimum absolute atomic E-state index is 0.366. The van der Waals surface area contributed by atoms with E-state index >= 15 is 0 Å². The molecule has 0 bridgehead atoms. The highest BCUT2D eigenvalue weighted by Gasteiger charge is 2.35. The van der Waals surface area contributed by atoms with Crippen LogP contribution in [0.5, 0.6) is 0 Å². The SMILES string of the molecule is CC(=O)CC1CCC(C)N1C1CCCCCCC1. The Morgan fingerprint density at radius 2 is 1.61 bits per heavy atom. The smallest absolute Gasteiger partial charge is 0.131 e. The number of nitrogens with zero attached hydrogens (tertiary/aromatic N) is 1. The van der Waals surface area contributed by atoms with Crippen molar-refractivity contribution in [3.05, 3.63) is 0 Å². The van der Waals surface area contributed by atoms with Gasteiger partial charge >= 0.3 is 0 Å². The topological polar surface area (TPSA) is 20.3 Å². The maximum Gasteiger partial charge on any atom is 0.131 e. The van der Waals surface area contributed by atoms with Crippen LogP contribution < -0.4 is 0 Å². The summed E-state index contributed by atoms with van der Waals surface area (Å²) in [7, 11) is 0. The Morgan fingerprint density at radius 1 is 1.00 bits per heavy atom. The van der Waals surface area contributed by atoms with Crippen LogP contribution >= 0.6 is 0 Å². The Morgan fingerprint density at radius 3 is 2.22 bits per heavy atom. The number of likely N-dealkylation sites (tertiary alicyclic amines) is 1. The van der Waals surface area contributed by atoms with E-state index in [1.54, 1.807) is 6.92 Å². The van der Waals surface area contributed by atoms with Gasteiger partial charge in [0.05, 0.1) is 0 Å². The molecule has 2 atom stereocenters. The molecule has 1 saturated heterocycles. The number of rotatable bonds is 3. The molecule has 1 aliphatic heterocycles. The summed E-state index contributed by atoms with van der Waals surface area (Å²) in [5.41, 5.74) is 0. The van der Waals surface area contributed by atoms with Crippen LogP contribution in [0.3, 0.4) is 0 Å². The molecule has 2 fully saturated rings.